The van der Waals surface area contributed by atoms with Crippen LogP contribution in [0.15, 0.2) is 77.4 Å². The van der Waals surface area contributed by atoms with Gasteiger partial charge in [0, 0.05) is 25.0 Å². The third kappa shape index (κ3) is 4.84. The van der Waals surface area contributed by atoms with Gasteiger partial charge in [-0.15, -0.1) is 0 Å². The molecule has 0 atom stereocenters. The number of carbonyl (C=O) groups excluding carboxylic acids is 1. The third-order valence-electron chi connectivity index (χ3n) is 4.11. The highest BCUT2D eigenvalue weighted by atomic mass is 16.5. The smallest absolute Gasteiger partial charge is 0.255 e. The number of nitrogens with zero attached hydrogens (tertiary/aromatic N) is 3. The lowest BCUT2D eigenvalue weighted by molar-refractivity contribution is 0.102. The molecule has 0 aliphatic heterocycles. The highest BCUT2D eigenvalue weighted by molar-refractivity contribution is 6.04. The molecule has 0 aliphatic rings. The van der Waals surface area contributed by atoms with Gasteiger partial charge in [0.2, 0.25) is 11.8 Å². The van der Waals surface area contributed by atoms with E-state index in [1.807, 2.05) is 42.5 Å². The second-order valence-corrected chi connectivity index (χ2v) is 6.36. The maximum absolute atomic E-state index is 12.2. The number of pyridine rings is 1. The van der Waals surface area contributed by atoms with E-state index in [1.165, 1.54) is 0 Å². The Morgan fingerprint density at radius 3 is 2.48 bits per heavy atom. The standard InChI is InChI=1S/C22H18N4O3/c1-15-24-20(26-29-15)13-16-7-10-19(11-8-16)28-21-12-9-18(14-23-21)25-22(27)17-5-3-2-4-6-17/h2-12,14H,13H2,1H3,(H,25,27). The van der Waals surface area contributed by atoms with E-state index < -0.39 is 0 Å². The second kappa shape index (κ2) is 8.35. The summed E-state index contributed by atoms with van der Waals surface area (Å²) < 4.78 is 10.7. The Kier molecular flexibility index (Phi) is 5.29. The van der Waals surface area contributed by atoms with Crippen LogP contribution in [-0.2, 0) is 6.42 Å². The normalized spacial score (nSPS) is 10.5. The zero-order valence-corrected chi connectivity index (χ0v) is 15.7. The van der Waals surface area contributed by atoms with Gasteiger partial charge < -0.3 is 14.6 Å². The van der Waals surface area contributed by atoms with Gasteiger partial charge in [0.05, 0.1) is 11.9 Å². The summed E-state index contributed by atoms with van der Waals surface area (Å²) in [6.07, 6.45) is 2.15. The zero-order chi connectivity index (χ0) is 20.1. The van der Waals surface area contributed by atoms with Crippen molar-refractivity contribution < 1.29 is 14.1 Å². The molecule has 0 saturated carbocycles. The number of nitrogens with one attached hydrogen (secondary N) is 1. The first-order chi connectivity index (χ1) is 14.2. The first kappa shape index (κ1) is 18.4. The predicted octanol–water partition coefficient (Wildman–Crippen LogP) is 4.41. The molecule has 0 aliphatic carbocycles. The fourth-order valence-corrected chi connectivity index (χ4v) is 2.70. The molecule has 0 radical (unpaired) electrons. The van der Waals surface area contributed by atoms with Crippen LogP contribution in [0.5, 0.6) is 11.6 Å². The monoisotopic (exact) mass is 386 g/mol. The van der Waals surface area contributed by atoms with E-state index in [0.29, 0.717) is 41.0 Å². The van der Waals surface area contributed by atoms with E-state index in [2.05, 4.69) is 20.4 Å². The number of hydrogen-bond acceptors (Lipinski definition) is 6. The summed E-state index contributed by atoms with van der Waals surface area (Å²) in [6.45, 7) is 1.76. The molecule has 4 rings (SSSR count). The first-order valence-electron chi connectivity index (χ1n) is 9.04. The topological polar surface area (TPSA) is 90.1 Å². The number of aryl methyl sites for hydroxylation is 1. The van der Waals surface area contributed by atoms with E-state index in [9.17, 15) is 4.79 Å². The van der Waals surface area contributed by atoms with E-state index >= 15 is 0 Å². The number of ether oxygens (including phenoxy) is 1. The Morgan fingerprint density at radius 2 is 1.83 bits per heavy atom. The Labute approximate surface area is 167 Å². The van der Waals surface area contributed by atoms with E-state index in [0.717, 1.165) is 5.56 Å². The minimum absolute atomic E-state index is 0.187. The average molecular weight is 386 g/mol. The minimum Gasteiger partial charge on any atom is -0.439 e. The molecule has 0 spiro atoms. The van der Waals surface area contributed by atoms with Crippen molar-refractivity contribution in [3.63, 3.8) is 0 Å². The fourth-order valence-electron chi connectivity index (χ4n) is 2.70. The van der Waals surface area contributed by atoms with Crippen LogP contribution in [0, 0.1) is 6.92 Å². The molecule has 7 heteroatoms. The summed E-state index contributed by atoms with van der Waals surface area (Å²) in [5.41, 5.74) is 2.23. The number of carbonyl (C=O) groups is 1. The van der Waals surface area contributed by atoms with Crippen LogP contribution in [0.1, 0.15) is 27.6 Å². The lowest BCUT2D eigenvalue weighted by Crippen LogP contribution is -2.11. The van der Waals surface area contributed by atoms with E-state index in [-0.39, 0.29) is 5.91 Å². The van der Waals surface area contributed by atoms with Crippen LogP contribution in [0.25, 0.3) is 0 Å². The third-order valence-corrected chi connectivity index (χ3v) is 4.11. The second-order valence-electron chi connectivity index (χ2n) is 6.36. The number of amides is 1. The molecule has 7 nitrogen and oxygen atoms in total. The Morgan fingerprint density at radius 1 is 1.03 bits per heavy atom. The largest absolute Gasteiger partial charge is 0.439 e. The number of rotatable bonds is 6. The molecular weight excluding hydrogens is 368 g/mol. The van der Waals surface area contributed by atoms with E-state index in [1.54, 1.807) is 37.4 Å². The van der Waals surface area contributed by atoms with Crippen LogP contribution < -0.4 is 10.1 Å². The molecule has 144 valence electrons. The Hall–Kier alpha value is -4.00. The quantitative estimate of drug-likeness (QED) is 0.528. The lowest BCUT2D eigenvalue weighted by atomic mass is 10.1. The van der Waals surface area contributed by atoms with Crippen molar-refractivity contribution in [2.45, 2.75) is 13.3 Å². The molecule has 4 aromatic rings. The minimum atomic E-state index is -0.187. The molecule has 0 saturated heterocycles. The van der Waals surface area contributed by atoms with Gasteiger partial charge in [0.1, 0.15) is 5.75 Å². The zero-order valence-electron chi connectivity index (χ0n) is 15.7. The van der Waals surface area contributed by atoms with Gasteiger partial charge in [-0.25, -0.2) is 4.98 Å². The van der Waals surface area contributed by atoms with Crippen LogP contribution in [-0.4, -0.2) is 21.0 Å². The number of aromatic nitrogens is 3. The summed E-state index contributed by atoms with van der Waals surface area (Å²) in [5, 5.41) is 6.70. The predicted molar refractivity (Wildman–Crippen MR) is 107 cm³/mol. The molecule has 29 heavy (non-hydrogen) atoms. The summed E-state index contributed by atoms with van der Waals surface area (Å²) >= 11 is 0. The van der Waals surface area contributed by atoms with Crippen LogP contribution >= 0.6 is 0 Å². The molecule has 1 N–H and O–H groups in total. The molecule has 0 unspecified atom stereocenters. The van der Waals surface area contributed by atoms with Gasteiger partial charge in [0.15, 0.2) is 5.82 Å². The highest BCUT2D eigenvalue weighted by Crippen LogP contribution is 2.22. The molecule has 0 fully saturated rings. The van der Waals surface area contributed by atoms with Crippen molar-refractivity contribution in [1.29, 1.82) is 0 Å². The summed E-state index contributed by atoms with van der Waals surface area (Å²) in [4.78, 5) is 20.6. The molecule has 1 amide bonds. The van der Waals surface area contributed by atoms with Gasteiger partial charge in [-0.3, -0.25) is 4.79 Å². The van der Waals surface area contributed by atoms with Gasteiger partial charge >= 0.3 is 0 Å². The maximum Gasteiger partial charge on any atom is 0.255 e. The van der Waals surface area contributed by atoms with Crippen molar-refractivity contribution in [1.82, 2.24) is 15.1 Å². The number of benzene rings is 2. The molecule has 0 bridgehead atoms. The fraction of sp³-hybridized carbons (Fsp3) is 0.0909. The van der Waals surface area contributed by atoms with Gasteiger partial charge in [-0.2, -0.15) is 4.98 Å². The van der Waals surface area contributed by atoms with Crippen LogP contribution in [0.4, 0.5) is 5.69 Å². The van der Waals surface area contributed by atoms with Crippen LogP contribution in [0.2, 0.25) is 0 Å². The molecule has 2 heterocycles. The van der Waals surface area contributed by atoms with Gasteiger partial charge in [-0.05, 0) is 35.9 Å². The van der Waals surface area contributed by atoms with Crippen molar-refractivity contribution >= 4 is 11.6 Å². The van der Waals surface area contributed by atoms with Crippen LogP contribution in [0.3, 0.4) is 0 Å². The van der Waals surface area contributed by atoms with Crippen molar-refractivity contribution in [3.8, 4) is 11.6 Å². The summed E-state index contributed by atoms with van der Waals surface area (Å²) in [6, 6.07) is 20.1. The number of hydrogen-bond donors (Lipinski definition) is 1. The molecule has 2 aromatic heterocycles. The molecule has 2 aromatic carbocycles. The summed E-state index contributed by atoms with van der Waals surface area (Å²) in [7, 11) is 0. The lowest BCUT2D eigenvalue weighted by Gasteiger charge is -2.08. The Bertz CT molecular complexity index is 1090. The van der Waals surface area contributed by atoms with Gasteiger partial charge in [-0.1, -0.05) is 35.5 Å². The molecular formula is C22H18N4O3. The number of anilines is 1. The van der Waals surface area contributed by atoms with Gasteiger partial charge in [0.25, 0.3) is 5.91 Å². The summed E-state index contributed by atoms with van der Waals surface area (Å²) in [5.74, 6) is 2.10. The van der Waals surface area contributed by atoms with Crippen molar-refractivity contribution in [2.75, 3.05) is 5.32 Å². The SMILES string of the molecule is Cc1nc(Cc2ccc(Oc3ccc(NC(=O)c4ccccc4)cn3)cc2)no1. The highest BCUT2D eigenvalue weighted by Gasteiger charge is 2.07. The van der Waals surface area contributed by atoms with E-state index in [4.69, 9.17) is 9.26 Å². The Balaban J connectivity index is 1.35. The first-order valence-corrected chi connectivity index (χ1v) is 9.04. The average Bonchev–Trinajstić information content (AvgIpc) is 3.16. The maximum atomic E-state index is 12.2. The van der Waals surface area contributed by atoms with Crippen molar-refractivity contribution in [2.24, 2.45) is 0 Å². The van der Waals surface area contributed by atoms with Crippen molar-refractivity contribution in [3.05, 3.63) is 95.8 Å².